The minimum atomic E-state index is -3.85. The van der Waals surface area contributed by atoms with Crippen LogP contribution in [-0.2, 0) is 21.2 Å². The Morgan fingerprint density at radius 3 is 2.41 bits per heavy atom. The van der Waals surface area contributed by atoms with Gasteiger partial charge in [0.15, 0.2) is 0 Å². The second-order valence-corrected chi connectivity index (χ2v) is 8.84. The van der Waals surface area contributed by atoms with Crippen molar-refractivity contribution in [1.82, 2.24) is 9.47 Å². The molecule has 0 aliphatic heterocycles. The van der Waals surface area contributed by atoms with Gasteiger partial charge in [-0.05, 0) is 43.7 Å². The number of nitrogens with zero attached hydrogens (tertiary/aromatic N) is 2. The summed E-state index contributed by atoms with van der Waals surface area (Å²) in [4.78, 5) is 14.7. The van der Waals surface area contributed by atoms with Crippen LogP contribution in [0.1, 0.15) is 26.7 Å². The molecule has 2 aromatic carbocycles. The van der Waals surface area contributed by atoms with Crippen LogP contribution >= 0.6 is 0 Å². The number of carbonyl (C=O) groups is 1. The Morgan fingerprint density at radius 1 is 1.07 bits per heavy atom. The number of sulfone groups is 1. The molecule has 0 saturated heterocycles. The maximum Gasteiger partial charge on any atom is 0.242 e. The van der Waals surface area contributed by atoms with Crippen LogP contribution in [0.2, 0.25) is 0 Å². The van der Waals surface area contributed by atoms with Crippen LogP contribution in [0.3, 0.4) is 0 Å². The van der Waals surface area contributed by atoms with Gasteiger partial charge in [0.25, 0.3) is 0 Å². The number of aromatic nitrogens is 1. The second kappa shape index (κ2) is 8.78. The predicted octanol–water partition coefficient (Wildman–Crippen LogP) is 4.26. The molecule has 0 atom stereocenters. The van der Waals surface area contributed by atoms with Gasteiger partial charge in [0.05, 0.1) is 9.79 Å². The van der Waals surface area contributed by atoms with E-state index in [4.69, 9.17) is 0 Å². The lowest BCUT2D eigenvalue weighted by molar-refractivity contribution is -0.131. The molecule has 0 unspecified atom stereocenters. The first kappa shape index (κ1) is 21.0. The van der Waals surface area contributed by atoms with Crippen molar-refractivity contribution in [1.29, 1.82) is 0 Å². The Hall–Kier alpha value is -2.67. The van der Waals surface area contributed by atoms with Crippen LogP contribution in [-0.4, -0.2) is 36.9 Å². The lowest BCUT2D eigenvalue weighted by Crippen LogP contribution is -2.34. The molecule has 1 aromatic heterocycles. The summed E-state index contributed by atoms with van der Waals surface area (Å²) >= 11 is 0. The third-order valence-electron chi connectivity index (χ3n) is 4.99. The molecule has 0 N–H and O–H groups in total. The van der Waals surface area contributed by atoms with Gasteiger partial charge in [-0.25, -0.2) is 12.8 Å². The van der Waals surface area contributed by atoms with E-state index < -0.39 is 15.7 Å². The summed E-state index contributed by atoms with van der Waals surface area (Å²) in [5.74, 6) is -0.545. The maximum atomic E-state index is 13.2. The molecule has 1 amide bonds. The van der Waals surface area contributed by atoms with Gasteiger partial charge < -0.3 is 9.47 Å². The lowest BCUT2D eigenvalue weighted by atomic mass is 10.2. The van der Waals surface area contributed by atoms with Crippen molar-refractivity contribution in [3.8, 4) is 0 Å². The van der Waals surface area contributed by atoms with E-state index in [0.717, 1.165) is 25.0 Å². The third-order valence-corrected chi connectivity index (χ3v) is 6.78. The Bertz CT molecular complexity index is 1100. The number of unbranched alkanes of at least 4 members (excludes halogenated alkanes) is 1. The summed E-state index contributed by atoms with van der Waals surface area (Å²) in [5.41, 5.74) is 0.674. The number of fused-ring (bicyclic) bond motifs is 1. The van der Waals surface area contributed by atoms with Gasteiger partial charge in [-0.3, -0.25) is 4.79 Å². The SMILES string of the molecule is CCCCN(CC)C(=O)Cn1cc(S(=O)(=O)c2ccc(F)cc2)c2ccccc21. The summed E-state index contributed by atoms with van der Waals surface area (Å²) in [7, 11) is -3.85. The van der Waals surface area contributed by atoms with E-state index >= 15 is 0 Å². The van der Waals surface area contributed by atoms with E-state index in [1.807, 2.05) is 13.0 Å². The van der Waals surface area contributed by atoms with Crippen LogP contribution in [0, 0.1) is 5.82 Å². The highest BCUT2D eigenvalue weighted by Crippen LogP contribution is 2.30. The van der Waals surface area contributed by atoms with Crippen molar-refractivity contribution in [3.05, 3.63) is 60.5 Å². The van der Waals surface area contributed by atoms with Gasteiger partial charge in [-0.15, -0.1) is 0 Å². The summed E-state index contributed by atoms with van der Waals surface area (Å²) in [6, 6.07) is 11.9. The zero-order valence-corrected chi connectivity index (χ0v) is 17.5. The van der Waals surface area contributed by atoms with Gasteiger partial charge in [0.2, 0.25) is 15.7 Å². The Morgan fingerprint density at radius 2 is 1.76 bits per heavy atom. The number of rotatable bonds is 8. The van der Waals surface area contributed by atoms with E-state index in [1.165, 1.54) is 18.3 Å². The minimum Gasteiger partial charge on any atom is -0.341 e. The number of benzene rings is 2. The number of hydrogen-bond donors (Lipinski definition) is 0. The molecule has 154 valence electrons. The number of likely N-dealkylation sites (N-methyl/N-ethyl adjacent to an activating group) is 1. The minimum absolute atomic E-state index is 0.0197. The average molecular weight is 417 g/mol. The third kappa shape index (κ3) is 4.34. The molecular formula is C22H25FN2O3S. The van der Waals surface area contributed by atoms with Crippen molar-refractivity contribution in [2.24, 2.45) is 0 Å². The van der Waals surface area contributed by atoms with E-state index in [-0.39, 0.29) is 22.2 Å². The number of carbonyl (C=O) groups excluding carboxylic acids is 1. The monoisotopic (exact) mass is 416 g/mol. The highest BCUT2D eigenvalue weighted by molar-refractivity contribution is 7.91. The summed E-state index contributed by atoms with van der Waals surface area (Å²) < 4.78 is 41.2. The predicted molar refractivity (Wildman–Crippen MR) is 111 cm³/mol. The molecule has 29 heavy (non-hydrogen) atoms. The van der Waals surface area contributed by atoms with Crippen LogP contribution in [0.4, 0.5) is 4.39 Å². The summed E-state index contributed by atoms with van der Waals surface area (Å²) in [5, 5.41) is 0.543. The molecule has 0 fully saturated rings. The van der Waals surface area contributed by atoms with E-state index in [9.17, 15) is 17.6 Å². The van der Waals surface area contributed by atoms with Gasteiger partial charge in [-0.2, -0.15) is 0 Å². The number of hydrogen-bond acceptors (Lipinski definition) is 3. The fourth-order valence-electron chi connectivity index (χ4n) is 3.35. The first-order chi connectivity index (χ1) is 13.9. The molecule has 5 nitrogen and oxygen atoms in total. The molecule has 3 rings (SSSR count). The topological polar surface area (TPSA) is 59.4 Å². The Labute approximate surface area is 170 Å². The van der Waals surface area contributed by atoms with Crippen LogP contribution in [0.25, 0.3) is 10.9 Å². The fraction of sp³-hybridized carbons (Fsp3) is 0.318. The molecule has 3 aromatic rings. The highest BCUT2D eigenvalue weighted by atomic mass is 32.2. The number of amides is 1. The van der Waals surface area contributed by atoms with E-state index in [1.54, 1.807) is 27.7 Å². The molecule has 1 heterocycles. The van der Waals surface area contributed by atoms with Crippen molar-refractivity contribution in [3.63, 3.8) is 0 Å². The standard InChI is InChI=1S/C22H25FN2O3S/c1-3-5-14-24(4-2)22(26)16-25-15-21(19-8-6-7-9-20(19)25)29(27,28)18-12-10-17(23)11-13-18/h6-13,15H,3-5,14,16H2,1-2H3. The fourth-order valence-corrected chi connectivity index (χ4v) is 4.83. The molecule has 0 bridgehead atoms. The summed E-state index contributed by atoms with van der Waals surface area (Å²) in [6.07, 6.45) is 3.43. The zero-order valence-electron chi connectivity index (χ0n) is 16.6. The molecule has 7 heteroatoms. The van der Waals surface area contributed by atoms with Crippen molar-refractivity contribution >= 4 is 26.6 Å². The maximum absolute atomic E-state index is 13.2. The first-order valence-electron chi connectivity index (χ1n) is 9.74. The Balaban J connectivity index is 2.01. The van der Waals surface area contributed by atoms with Crippen LogP contribution in [0.5, 0.6) is 0 Å². The van der Waals surface area contributed by atoms with Crippen molar-refractivity contribution in [2.75, 3.05) is 13.1 Å². The van der Waals surface area contributed by atoms with Gasteiger partial charge >= 0.3 is 0 Å². The largest absolute Gasteiger partial charge is 0.341 e. The molecule has 0 spiro atoms. The van der Waals surface area contributed by atoms with Crippen LogP contribution in [0.15, 0.2) is 64.5 Å². The molecule has 0 radical (unpaired) electrons. The van der Waals surface area contributed by atoms with Gasteiger partial charge in [-0.1, -0.05) is 31.5 Å². The smallest absolute Gasteiger partial charge is 0.242 e. The molecule has 0 aliphatic rings. The lowest BCUT2D eigenvalue weighted by Gasteiger charge is -2.21. The molecule has 0 aliphatic carbocycles. The number of para-hydroxylation sites is 1. The van der Waals surface area contributed by atoms with Crippen molar-refractivity contribution < 1.29 is 17.6 Å². The van der Waals surface area contributed by atoms with Gasteiger partial charge in [0, 0.05) is 30.2 Å². The normalized spacial score (nSPS) is 11.7. The quantitative estimate of drug-likeness (QED) is 0.516. The molecule has 0 saturated carbocycles. The average Bonchev–Trinajstić information content (AvgIpc) is 3.08. The van der Waals surface area contributed by atoms with Crippen LogP contribution < -0.4 is 0 Å². The molecular weight excluding hydrogens is 391 g/mol. The summed E-state index contributed by atoms with van der Waals surface area (Å²) in [6.45, 7) is 5.37. The number of halogens is 1. The highest BCUT2D eigenvalue weighted by Gasteiger charge is 2.24. The first-order valence-corrected chi connectivity index (χ1v) is 11.2. The zero-order chi connectivity index (χ0) is 21.0. The van der Waals surface area contributed by atoms with E-state index in [0.29, 0.717) is 24.0 Å². The second-order valence-electron chi connectivity index (χ2n) is 6.92. The van der Waals surface area contributed by atoms with Gasteiger partial charge in [0.1, 0.15) is 12.4 Å². The van der Waals surface area contributed by atoms with Crippen molar-refractivity contribution in [2.45, 2.75) is 43.0 Å². The Kier molecular flexibility index (Phi) is 6.37. The van der Waals surface area contributed by atoms with E-state index in [2.05, 4.69) is 6.92 Å².